The monoisotopic (exact) mass is 439 g/mol. The van der Waals surface area contributed by atoms with Gasteiger partial charge in [0.25, 0.3) is 11.8 Å². The number of fused-ring (bicyclic) bond motifs is 1. The van der Waals surface area contributed by atoms with Gasteiger partial charge in [-0.1, -0.05) is 12.1 Å². The lowest BCUT2D eigenvalue weighted by atomic mass is 10.1. The molecule has 2 aliphatic rings. The minimum absolute atomic E-state index is 0.0424. The Labute approximate surface area is 182 Å². The van der Waals surface area contributed by atoms with Gasteiger partial charge >= 0.3 is 0 Å². The van der Waals surface area contributed by atoms with Crippen LogP contribution in [0.5, 0.6) is 5.75 Å². The molecule has 1 saturated heterocycles. The Bertz CT molecular complexity index is 1060. The molecular formula is C22H21N3O3S2. The number of anilines is 1. The molecule has 4 heterocycles. The van der Waals surface area contributed by atoms with Crippen LogP contribution in [0.1, 0.15) is 29.8 Å². The second-order valence-electron chi connectivity index (χ2n) is 7.43. The minimum Gasteiger partial charge on any atom is -0.476 e. The van der Waals surface area contributed by atoms with Crippen molar-refractivity contribution in [3.63, 3.8) is 0 Å². The topological polar surface area (TPSA) is 62.7 Å². The number of amides is 2. The van der Waals surface area contributed by atoms with Gasteiger partial charge < -0.3 is 9.64 Å². The maximum Gasteiger partial charge on any atom is 0.278 e. The predicted molar refractivity (Wildman–Crippen MR) is 118 cm³/mol. The van der Waals surface area contributed by atoms with Crippen LogP contribution in [0.3, 0.4) is 0 Å². The number of aromatic nitrogens is 1. The number of rotatable bonds is 3. The highest BCUT2D eigenvalue weighted by atomic mass is 32.1. The number of carbonyl (C=O) groups is 2. The van der Waals surface area contributed by atoms with Gasteiger partial charge in [-0.3, -0.25) is 14.5 Å². The number of benzene rings is 1. The van der Waals surface area contributed by atoms with Crippen LogP contribution in [0, 0.1) is 0 Å². The van der Waals surface area contributed by atoms with E-state index in [2.05, 4.69) is 4.98 Å². The summed E-state index contributed by atoms with van der Waals surface area (Å²) in [5.41, 5.74) is 2.09. The van der Waals surface area contributed by atoms with E-state index in [-0.39, 0.29) is 18.4 Å². The van der Waals surface area contributed by atoms with E-state index in [1.54, 1.807) is 21.6 Å². The third-order valence-corrected chi connectivity index (χ3v) is 7.03. The van der Waals surface area contributed by atoms with Gasteiger partial charge in [0.1, 0.15) is 16.5 Å². The summed E-state index contributed by atoms with van der Waals surface area (Å²) in [5, 5.41) is 6.62. The van der Waals surface area contributed by atoms with E-state index in [4.69, 9.17) is 4.74 Å². The molecule has 2 amide bonds. The third-order valence-electron chi connectivity index (χ3n) is 5.45. The first kappa shape index (κ1) is 19.3. The van der Waals surface area contributed by atoms with Crippen molar-refractivity contribution in [3.8, 4) is 16.3 Å². The van der Waals surface area contributed by atoms with Crippen LogP contribution in [0.2, 0.25) is 0 Å². The quantitative estimate of drug-likeness (QED) is 0.611. The van der Waals surface area contributed by atoms with E-state index in [1.165, 1.54) is 11.3 Å². The van der Waals surface area contributed by atoms with Crippen LogP contribution in [0.25, 0.3) is 10.6 Å². The van der Waals surface area contributed by atoms with Crippen molar-refractivity contribution >= 4 is 40.2 Å². The Morgan fingerprint density at radius 1 is 1.07 bits per heavy atom. The fourth-order valence-electron chi connectivity index (χ4n) is 3.90. The Hall–Kier alpha value is -2.71. The van der Waals surface area contributed by atoms with E-state index >= 15 is 0 Å². The first-order chi connectivity index (χ1) is 14.7. The summed E-state index contributed by atoms with van der Waals surface area (Å²) in [7, 11) is 0. The van der Waals surface area contributed by atoms with Gasteiger partial charge in [0.2, 0.25) is 0 Å². The fourth-order valence-corrected chi connectivity index (χ4v) is 5.41. The molecule has 0 unspecified atom stereocenters. The highest BCUT2D eigenvalue weighted by Crippen LogP contribution is 2.35. The molecule has 1 atom stereocenters. The molecule has 0 bridgehead atoms. The molecule has 0 spiro atoms. The van der Waals surface area contributed by atoms with Gasteiger partial charge in [0, 0.05) is 29.4 Å². The van der Waals surface area contributed by atoms with Crippen LogP contribution in [0.15, 0.2) is 46.5 Å². The smallest absolute Gasteiger partial charge is 0.278 e. The van der Waals surface area contributed by atoms with Gasteiger partial charge in [-0.05, 0) is 42.8 Å². The molecule has 2 aromatic heterocycles. The first-order valence-electron chi connectivity index (χ1n) is 10.0. The molecule has 3 aromatic rings. The van der Waals surface area contributed by atoms with E-state index in [9.17, 15) is 9.59 Å². The predicted octanol–water partition coefficient (Wildman–Crippen LogP) is 4.29. The summed E-state index contributed by atoms with van der Waals surface area (Å²) in [6, 6.07) is 9.37. The summed E-state index contributed by atoms with van der Waals surface area (Å²) in [6.45, 7) is 1.70. The summed E-state index contributed by atoms with van der Waals surface area (Å²) in [6.07, 6.45) is 2.49. The number of carbonyl (C=O) groups excluding carboxylic acids is 2. The lowest BCUT2D eigenvalue weighted by molar-refractivity contribution is -0.139. The molecule has 0 radical (unpaired) electrons. The van der Waals surface area contributed by atoms with Crippen LogP contribution in [0.4, 0.5) is 5.69 Å². The molecule has 1 fully saturated rings. The summed E-state index contributed by atoms with van der Waals surface area (Å²) in [5.74, 6) is 0.305. The number of likely N-dealkylation sites (tertiary alicyclic amines) is 1. The summed E-state index contributed by atoms with van der Waals surface area (Å²) in [4.78, 5) is 34.5. The molecule has 0 N–H and O–H groups in total. The SMILES string of the molecule is O=C([C@@H]1CN(C(=O)c2csc(-c3ccsc3)n2)c2ccccc2O1)N1CCCCC1. The van der Waals surface area contributed by atoms with Crippen molar-refractivity contribution in [1.29, 1.82) is 0 Å². The molecule has 0 saturated carbocycles. The average molecular weight is 440 g/mol. The highest BCUT2D eigenvalue weighted by Gasteiger charge is 2.37. The number of thiazole rings is 1. The Kier molecular flexibility index (Phi) is 5.26. The third kappa shape index (κ3) is 3.61. The van der Waals surface area contributed by atoms with Gasteiger partial charge in [-0.25, -0.2) is 4.98 Å². The second-order valence-corrected chi connectivity index (χ2v) is 9.06. The van der Waals surface area contributed by atoms with Crippen molar-refractivity contribution in [2.45, 2.75) is 25.4 Å². The molecular weight excluding hydrogens is 418 g/mol. The lowest BCUT2D eigenvalue weighted by Gasteiger charge is -2.37. The van der Waals surface area contributed by atoms with Crippen LogP contribution < -0.4 is 9.64 Å². The van der Waals surface area contributed by atoms with Gasteiger partial charge in [0.05, 0.1) is 12.2 Å². The normalized spacial score (nSPS) is 18.6. The number of para-hydroxylation sites is 2. The van der Waals surface area contributed by atoms with Crippen molar-refractivity contribution in [1.82, 2.24) is 9.88 Å². The van der Waals surface area contributed by atoms with Gasteiger partial charge in [0.15, 0.2) is 6.10 Å². The van der Waals surface area contributed by atoms with Crippen molar-refractivity contribution in [2.75, 3.05) is 24.5 Å². The number of piperidine rings is 1. The summed E-state index contributed by atoms with van der Waals surface area (Å²) >= 11 is 3.05. The van der Waals surface area contributed by atoms with Crippen LogP contribution in [-0.2, 0) is 4.79 Å². The van der Waals surface area contributed by atoms with E-state index in [0.717, 1.165) is 42.9 Å². The van der Waals surface area contributed by atoms with Crippen molar-refractivity contribution in [2.24, 2.45) is 0 Å². The number of ether oxygens (including phenoxy) is 1. The van der Waals surface area contributed by atoms with Gasteiger partial charge in [-0.15, -0.1) is 11.3 Å². The standard InChI is InChI=1S/C22H21N3O3S2/c26-21(16-14-30-20(23-16)15-8-11-29-13-15)25-12-19(22(27)24-9-4-1-5-10-24)28-18-7-3-2-6-17(18)25/h2-3,6-8,11,13-14,19H,1,4-5,9-10,12H2/t19-/m0/s1. The molecule has 8 heteroatoms. The number of hydrogen-bond acceptors (Lipinski definition) is 6. The van der Waals surface area contributed by atoms with Crippen LogP contribution in [-0.4, -0.2) is 47.4 Å². The minimum atomic E-state index is -0.697. The van der Waals surface area contributed by atoms with Crippen molar-refractivity contribution in [3.05, 3.63) is 52.2 Å². The van der Waals surface area contributed by atoms with Crippen molar-refractivity contribution < 1.29 is 14.3 Å². The Morgan fingerprint density at radius 2 is 1.90 bits per heavy atom. The molecule has 154 valence electrons. The number of nitrogens with zero attached hydrogens (tertiary/aromatic N) is 3. The average Bonchev–Trinajstić information content (AvgIpc) is 3.50. The first-order valence-corrected chi connectivity index (χ1v) is 11.9. The molecule has 5 rings (SSSR count). The van der Waals surface area contributed by atoms with E-state index in [0.29, 0.717) is 17.1 Å². The second kappa shape index (κ2) is 8.20. The van der Waals surface area contributed by atoms with Gasteiger partial charge in [-0.2, -0.15) is 11.3 Å². The van der Waals surface area contributed by atoms with E-state index < -0.39 is 6.10 Å². The Balaban J connectivity index is 1.43. The molecule has 2 aliphatic heterocycles. The zero-order valence-corrected chi connectivity index (χ0v) is 18.0. The summed E-state index contributed by atoms with van der Waals surface area (Å²) < 4.78 is 6.03. The zero-order chi connectivity index (χ0) is 20.5. The molecule has 30 heavy (non-hydrogen) atoms. The number of hydrogen-bond donors (Lipinski definition) is 0. The molecule has 6 nitrogen and oxygen atoms in total. The maximum atomic E-state index is 13.4. The largest absolute Gasteiger partial charge is 0.476 e. The number of thiophene rings is 1. The lowest BCUT2D eigenvalue weighted by Crippen LogP contribution is -2.52. The van der Waals surface area contributed by atoms with E-state index in [1.807, 2.05) is 46.0 Å². The zero-order valence-electron chi connectivity index (χ0n) is 16.3. The van der Waals surface area contributed by atoms with Crippen LogP contribution >= 0.6 is 22.7 Å². The Morgan fingerprint density at radius 3 is 2.70 bits per heavy atom. The highest BCUT2D eigenvalue weighted by molar-refractivity contribution is 7.14. The molecule has 1 aromatic carbocycles. The maximum absolute atomic E-state index is 13.4. The fraction of sp³-hybridized carbons (Fsp3) is 0.318. The molecule has 0 aliphatic carbocycles.